The van der Waals surface area contributed by atoms with Crippen LogP contribution in [0.4, 0.5) is 10.5 Å². The first-order valence-electron chi connectivity index (χ1n) is 10.3. The van der Waals surface area contributed by atoms with E-state index < -0.39 is 0 Å². The van der Waals surface area contributed by atoms with Gasteiger partial charge in [-0.1, -0.05) is 0 Å². The fourth-order valence-corrected chi connectivity index (χ4v) is 3.69. The van der Waals surface area contributed by atoms with E-state index in [9.17, 15) is 9.59 Å². The molecule has 1 saturated heterocycles. The maximum Gasteiger partial charge on any atom is 0.317 e. The van der Waals surface area contributed by atoms with E-state index in [-0.39, 0.29) is 23.9 Å². The number of fused-ring (bicyclic) bond motifs is 1. The monoisotopic (exact) mass is 422 g/mol. The predicted octanol–water partition coefficient (Wildman–Crippen LogP) is 2.90. The van der Waals surface area contributed by atoms with E-state index in [0.717, 1.165) is 18.0 Å². The Morgan fingerprint density at radius 2 is 1.90 bits per heavy atom. The van der Waals surface area contributed by atoms with Gasteiger partial charge in [0.1, 0.15) is 11.6 Å². The van der Waals surface area contributed by atoms with Crippen LogP contribution >= 0.6 is 0 Å². The molecule has 9 heteroatoms. The van der Waals surface area contributed by atoms with Crippen molar-refractivity contribution in [2.45, 2.75) is 32.2 Å². The number of urea groups is 1. The number of carbonyl (C=O) groups is 2. The van der Waals surface area contributed by atoms with Gasteiger partial charge in [-0.25, -0.2) is 4.79 Å². The van der Waals surface area contributed by atoms with E-state index in [1.54, 1.807) is 54.6 Å². The van der Waals surface area contributed by atoms with Crippen molar-refractivity contribution < 1.29 is 14.3 Å². The third-order valence-corrected chi connectivity index (χ3v) is 5.29. The number of anilines is 1. The molecule has 0 unspecified atom stereocenters. The van der Waals surface area contributed by atoms with E-state index in [0.29, 0.717) is 30.0 Å². The van der Waals surface area contributed by atoms with Crippen LogP contribution in [0.15, 0.2) is 42.6 Å². The summed E-state index contributed by atoms with van der Waals surface area (Å²) in [6, 6.07) is 10.7. The maximum atomic E-state index is 12.8. The molecule has 1 aliphatic heterocycles. The van der Waals surface area contributed by atoms with Crippen LogP contribution in [0.2, 0.25) is 0 Å². The number of carbonyl (C=O) groups excluding carboxylic acids is 2. The van der Waals surface area contributed by atoms with Gasteiger partial charge in [0.2, 0.25) is 0 Å². The first-order chi connectivity index (χ1) is 14.9. The second-order valence-electron chi connectivity index (χ2n) is 7.92. The van der Waals surface area contributed by atoms with Gasteiger partial charge in [0.15, 0.2) is 5.65 Å². The van der Waals surface area contributed by atoms with Crippen molar-refractivity contribution in [2.24, 2.45) is 0 Å². The molecule has 0 saturated carbocycles. The van der Waals surface area contributed by atoms with Crippen molar-refractivity contribution in [2.75, 3.05) is 25.5 Å². The number of rotatable bonds is 5. The third-order valence-electron chi connectivity index (χ3n) is 5.29. The number of nitrogens with one attached hydrogen (secondary N) is 2. The van der Waals surface area contributed by atoms with Crippen LogP contribution in [0.25, 0.3) is 5.65 Å². The van der Waals surface area contributed by atoms with Gasteiger partial charge in [0.05, 0.1) is 12.7 Å². The lowest BCUT2D eigenvalue weighted by atomic mass is 10.1. The first-order valence-corrected chi connectivity index (χ1v) is 10.3. The SMILES string of the molecule is COc1ccc(NC(=O)c2ccc3nnc([C@@H]4CCN(C(=O)NC(C)C)C4)n3c2)cc1. The topological polar surface area (TPSA) is 101 Å². The lowest BCUT2D eigenvalue weighted by molar-refractivity contribution is 0.102. The fraction of sp³-hybridized carbons (Fsp3) is 0.364. The molecule has 2 N–H and O–H groups in total. The number of amides is 3. The standard InChI is InChI=1S/C22H26N6O3/c1-14(2)23-22(30)27-11-10-15(12-27)20-26-25-19-9-4-16(13-28(19)20)21(29)24-17-5-7-18(31-3)8-6-17/h4-9,13-15H,10-12H2,1-3H3,(H,23,30)(H,24,29)/t15-/m1/s1. The van der Waals surface area contributed by atoms with Crippen molar-refractivity contribution in [3.8, 4) is 5.75 Å². The molecule has 3 aromatic rings. The van der Waals surface area contributed by atoms with Crippen molar-refractivity contribution in [3.63, 3.8) is 0 Å². The third kappa shape index (κ3) is 4.45. The van der Waals surface area contributed by atoms with Crippen LogP contribution in [-0.4, -0.2) is 57.7 Å². The van der Waals surface area contributed by atoms with Gasteiger partial charge in [-0.15, -0.1) is 10.2 Å². The highest BCUT2D eigenvalue weighted by molar-refractivity contribution is 6.04. The highest BCUT2D eigenvalue weighted by atomic mass is 16.5. The van der Waals surface area contributed by atoms with Gasteiger partial charge in [0.25, 0.3) is 5.91 Å². The number of pyridine rings is 1. The predicted molar refractivity (Wildman–Crippen MR) is 117 cm³/mol. The molecular formula is C22H26N6O3. The van der Waals surface area contributed by atoms with Crippen LogP contribution in [-0.2, 0) is 0 Å². The number of aromatic nitrogens is 3. The summed E-state index contributed by atoms with van der Waals surface area (Å²) < 4.78 is 6.99. The lowest BCUT2D eigenvalue weighted by Gasteiger charge is -2.18. The molecular weight excluding hydrogens is 396 g/mol. The molecule has 1 aromatic carbocycles. The first kappa shape index (κ1) is 20.6. The molecule has 162 valence electrons. The Labute approximate surface area is 180 Å². The smallest absolute Gasteiger partial charge is 0.317 e. The van der Waals surface area contributed by atoms with Crippen molar-refractivity contribution in [3.05, 3.63) is 54.0 Å². The Kier molecular flexibility index (Phi) is 5.75. The zero-order chi connectivity index (χ0) is 22.0. The van der Waals surface area contributed by atoms with Gasteiger partial charge in [-0.05, 0) is 56.7 Å². The number of hydrogen-bond acceptors (Lipinski definition) is 5. The maximum absolute atomic E-state index is 12.8. The summed E-state index contributed by atoms with van der Waals surface area (Å²) in [7, 11) is 1.60. The van der Waals surface area contributed by atoms with Crippen LogP contribution in [0.5, 0.6) is 5.75 Å². The second kappa shape index (κ2) is 8.63. The quantitative estimate of drug-likeness (QED) is 0.658. The van der Waals surface area contributed by atoms with Crippen LogP contribution in [0.3, 0.4) is 0 Å². The van der Waals surface area contributed by atoms with Crippen LogP contribution in [0, 0.1) is 0 Å². The Balaban J connectivity index is 1.51. The Morgan fingerprint density at radius 3 is 2.61 bits per heavy atom. The number of hydrogen-bond donors (Lipinski definition) is 2. The average Bonchev–Trinajstić information content (AvgIpc) is 3.40. The Hall–Kier alpha value is -3.62. The van der Waals surface area contributed by atoms with Crippen LogP contribution in [0.1, 0.15) is 42.4 Å². The van der Waals surface area contributed by atoms with Gasteiger partial charge >= 0.3 is 6.03 Å². The van der Waals surface area contributed by atoms with Crippen molar-refractivity contribution >= 4 is 23.3 Å². The molecule has 1 fully saturated rings. The largest absolute Gasteiger partial charge is 0.497 e. The van der Waals surface area contributed by atoms with E-state index in [2.05, 4.69) is 20.8 Å². The number of ether oxygens (including phenoxy) is 1. The number of benzene rings is 1. The van der Waals surface area contributed by atoms with E-state index in [1.807, 2.05) is 18.2 Å². The summed E-state index contributed by atoms with van der Waals surface area (Å²) in [6.07, 6.45) is 2.55. The summed E-state index contributed by atoms with van der Waals surface area (Å²) in [5, 5.41) is 14.4. The molecule has 3 amide bonds. The summed E-state index contributed by atoms with van der Waals surface area (Å²) in [6.45, 7) is 5.11. The minimum atomic E-state index is -0.226. The number of nitrogens with zero attached hydrogens (tertiary/aromatic N) is 4. The zero-order valence-corrected chi connectivity index (χ0v) is 17.8. The van der Waals surface area contributed by atoms with Gasteiger partial charge < -0.3 is 20.3 Å². The molecule has 1 atom stereocenters. The van der Waals surface area contributed by atoms with Crippen molar-refractivity contribution in [1.82, 2.24) is 24.8 Å². The molecule has 9 nitrogen and oxygen atoms in total. The second-order valence-corrected chi connectivity index (χ2v) is 7.92. The summed E-state index contributed by atoms with van der Waals surface area (Å²) in [4.78, 5) is 26.9. The number of methoxy groups -OCH3 is 1. The zero-order valence-electron chi connectivity index (χ0n) is 17.8. The van der Waals surface area contributed by atoms with E-state index >= 15 is 0 Å². The van der Waals surface area contributed by atoms with Gasteiger partial charge in [0, 0.05) is 36.9 Å². The summed E-state index contributed by atoms with van der Waals surface area (Å²) >= 11 is 0. The Morgan fingerprint density at radius 1 is 1.13 bits per heavy atom. The molecule has 0 spiro atoms. The fourth-order valence-electron chi connectivity index (χ4n) is 3.69. The molecule has 1 aliphatic rings. The number of likely N-dealkylation sites (tertiary alicyclic amines) is 1. The van der Waals surface area contributed by atoms with Gasteiger partial charge in [-0.3, -0.25) is 9.20 Å². The molecule has 4 rings (SSSR count). The van der Waals surface area contributed by atoms with Gasteiger partial charge in [-0.2, -0.15) is 0 Å². The van der Waals surface area contributed by atoms with E-state index in [1.165, 1.54) is 0 Å². The molecule has 2 aromatic heterocycles. The summed E-state index contributed by atoms with van der Waals surface area (Å²) in [5.74, 6) is 1.32. The average molecular weight is 422 g/mol. The van der Waals surface area contributed by atoms with E-state index in [4.69, 9.17) is 4.74 Å². The molecule has 0 radical (unpaired) electrons. The van der Waals surface area contributed by atoms with Crippen LogP contribution < -0.4 is 15.4 Å². The summed E-state index contributed by atoms with van der Waals surface area (Å²) in [5.41, 5.74) is 1.84. The molecule has 31 heavy (non-hydrogen) atoms. The molecule has 0 bridgehead atoms. The molecule has 0 aliphatic carbocycles. The minimum absolute atomic E-state index is 0.0628. The minimum Gasteiger partial charge on any atom is -0.497 e. The normalized spacial score (nSPS) is 16.0. The highest BCUT2D eigenvalue weighted by Gasteiger charge is 2.30. The van der Waals surface area contributed by atoms with Crippen molar-refractivity contribution in [1.29, 1.82) is 0 Å². The lowest BCUT2D eigenvalue weighted by Crippen LogP contribution is -2.41. The highest BCUT2D eigenvalue weighted by Crippen LogP contribution is 2.27. The Bertz CT molecular complexity index is 1090. The molecule has 3 heterocycles.